The molecule has 1 aromatic carbocycles. The monoisotopic (exact) mass is 374 g/mol. The van der Waals surface area contributed by atoms with Crippen molar-refractivity contribution in [1.29, 1.82) is 0 Å². The Morgan fingerprint density at radius 1 is 1.00 bits per heavy atom. The van der Waals surface area contributed by atoms with Crippen LogP contribution in [0, 0.1) is 0 Å². The predicted molar refractivity (Wildman–Crippen MR) is 109 cm³/mol. The minimum Gasteiger partial charge on any atom is -0.372 e. The van der Waals surface area contributed by atoms with Gasteiger partial charge >= 0.3 is 0 Å². The lowest BCUT2D eigenvalue weighted by atomic mass is 10.2. The summed E-state index contributed by atoms with van der Waals surface area (Å²) in [5.41, 5.74) is 3.46. The van der Waals surface area contributed by atoms with Crippen LogP contribution in [-0.2, 0) is 6.54 Å². The van der Waals surface area contributed by atoms with Gasteiger partial charge in [0.2, 0.25) is 0 Å². The highest BCUT2D eigenvalue weighted by Gasteiger charge is 2.12. The maximum atomic E-state index is 12.4. The molecule has 0 radical (unpaired) electrons. The Morgan fingerprint density at radius 2 is 1.75 bits per heavy atom. The number of nitrogens with zero attached hydrogens (tertiary/aromatic N) is 4. The zero-order valence-electron chi connectivity index (χ0n) is 15.5. The first-order valence-electron chi connectivity index (χ1n) is 9.39. The topological polar surface area (TPSA) is 83.0 Å². The zero-order chi connectivity index (χ0) is 19.2. The highest BCUT2D eigenvalue weighted by molar-refractivity contribution is 5.92. The third-order valence-electron chi connectivity index (χ3n) is 4.71. The van der Waals surface area contributed by atoms with E-state index in [0.29, 0.717) is 18.1 Å². The number of benzene rings is 1. The van der Waals surface area contributed by atoms with Gasteiger partial charge in [-0.05, 0) is 54.8 Å². The van der Waals surface area contributed by atoms with Crippen LogP contribution in [0.4, 0.5) is 17.2 Å². The summed E-state index contributed by atoms with van der Waals surface area (Å²) in [4.78, 5) is 27.0. The first-order chi connectivity index (χ1) is 13.8. The number of amides is 1. The summed E-state index contributed by atoms with van der Waals surface area (Å²) in [5.74, 6) is 0.338. The molecule has 1 saturated heterocycles. The van der Waals surface area contributed by atoms with Crippen molar-refractivity contribution in [3.8, 4) is 0 Å². The molecule has 2 aromatic heterocycles. The second kappa shape index (κ2) is 8.47. The molecule has 0 aliphatic carbocycles. The fraction of sp³-hybridized carbons (Fsp3) is 0.238. The molecule has 142 valence electrons. The Balaban J connectivity index is 1.38. The highest BCUT2D eigenvalue weighted by Crippen LogP contribution is 2.23. The third-order valence-corrected chi connectivity index (χ3v) is 4.71. The summed E-state index contributed by atoms with van der Waals surface area (Å²) in [6.45, 7) is 2.67. The van der Waals surface area contributed by atoms with Crippen LogP contribution in [0.25, 0.3) is 0 Å². The Morgan fingerprint density at radius 3 is 2.50 bits per heavy atom. The van der Waals surface area contributed by atoms with Crippen molar-refractivity contribution >= 4 is 23.1 Å². The van der Waals surface area contributed by atoms with Crippen LogP contribution in [0.15, 0.2) is 61.2 Å². The van der Waals surface area contributed by atoms with Crippen LogP contribution in [0.3, 0.4) is 0 Å². The Labute approximate surface area is 163 Å². The molecule has 0 bridgehead atoms. The van der Waals surface area contributed by atoms with Crippen LogP contribution in [0.2, 0.25) is 0 Å². The van der Waals surface area contributed by atoms with Crippen molar-refractivity contribution < 1.29 is 4.79 Å². The number of aromatic nitrogens is 3. The van der Waals surface area contributed by atoms with Crippen LogP contribution in [-0.4, -0.2) is 33.9 Å². The molecule has 1 aliphatic rings. The maximum absolute atomic E-state index is 12.4. The van der Waals surface area contributed by atoms with E-state index in [4.69, 9.17) is 0 Å². The summed E-state index contributed by atoms with van der Waals surface area (Å²) in [5, 5.41) is 6.09. The van der Waals surface area contributed by atoms with Crippen LogP contribution >= 0.6 is 0 Å². The molecule has 0 saturated carbocycles. The number of carbonyl (C=O) groups excluding carboxylic acids is 1. The number of hydrogen-bond acceptors (Lipinski definition) is 6. The van der Waals surface area contributed by atoms with Gasteiger partial charge in [-0.15, -0.1) is 0 Å². The molecule has 0 spiro atoms. The van der Waals surface area contributed by atoms with Crippen molar-refractivity contribution in [2.24, 2.45) is 0 Å². The summed E-state index contributed by atoms with van der Waals surface area (Å²) in [7, 11) is 0. The largest absolute Gasteiger partial charge is 0.372 e. The average molecular weight is 374 g/mol. The lowest BCUT2D eigenvalue weighted by Gasteiger charge is -2.17. The number of nitrogens with one attached hydrogen (secondary N) is 2. The molecule has 0 unspecified atom stereocenters. The van der Waals surface area contributed by atoms with Gasteiger partial charge in [-0.1, -0.05) is 0 Å². The molecule has 1 amide bonds. The van der Waals surface area contributed by atoms with Gasteiger partial charge in [-0.25, -0.2) is 9.97 Å². The van der Waals surface area contributed by atoms with Crippen LogP contribution < -0.4 is 15.5 Å². The van der Waals surface area contributed by atoms with E-state index in [-0.39, 0.29) is 5.91 Å². The molecule has 4 rings (SSSR count). The van der Waals surface area contributed by atoms with Crippen molar-refractivity contribution in [2.75, 3.05) is 23.3 Å². The molecule has 0 atom stereocenters. The summed E-state index contributed by atoms with van der Waals surface area (Å²) in [6, 6.07) is 13.6. The SMILES string of the molecule is O=C(NCc1ccncc1)c1cc(Nc2ccc(N3CCCC3)cc2)ncn1. The highest BCUT2D eigenvalue weighted by atomic mass is 16.1. The molecule has 2 N–H and O–H groups in total. The zero-order valence-corrected chi connectivity index (χ0v) is 15.5. The van der Waals surface area contributed by atoms with Crippen molar-refractivity contribution in [2.45, 2.75) is 19.4 Å². The second-order valence-corrected chi connectivity index (χ2v) is 6.69. The first kappa shape index (κ1) is 17.9. The fourth-order valence-corrected chi connectivity index (χ4v) is 3.20. The number of carbonyl (C=O) groups is 1. The first-order valence-corrected chi connectivity index (χ1v) is 9.39. The molecule has 3 aromatic rings. The van der Waals surface area contributed by atoms with Crippen molar-refractivity contribution in [1.82, 2.24) is 20.3 Å². The van der Waals surface area contributed by atoms with Gasteiger partial charge in [0.1, 0.15) is 17.8 Å². The van der Waals surface area contributed by atoms with Gasteiger partial charge in [-0.2, -0.15) is 0 Å². The minimum atomic E-state index is -0.244. The lowest BCUT2D eigenvalue weighted by Crippen LogP contribution is -2.24. The molecule has 7 nitrogen and oxygen atoms in total. The smallest absolute Gasteiger partial charge is 0.270 e. The lowest BCUT2D eigenvalue weighted by molar-refractivity contribution is 0.0946. The summed E-state index contributed by atoms with van der Waals surface area (Å²) < 4.78 is 0. The van der Waals surface area contributed by atoms with E-state index < -0.39 is 0 Å². The number of anilines is 3. The molecule has 1 fully saturated rings. The quantitative estimate of drug-likeness (QED) is 0.690. The van der Waals surface area contributed by atoms with Gasteiger partial charge in [0, 0.05) is 49.5 Å². The number of rotatable bonds is 6. The summed E-state index contributed by atoms with van der Waals surface area (Å²) >= 11 is 0. The Kier molecular flexibility index (Phi) is 5.42. The Bertz CT molecular complexity index is 923. The van der Waals surface area contributed by atoms with E-state index >= 15 is 0 Å². The second-order valence-electron chi connectivity index (χ2n) is 6.69. The molecule has 3 heterocycles. The number of pyridine rings is 1. The average Bonchev–Trinajstić information content (AvgIpc) is 3.28. The molecule has 7 heteroatoms. The number of hydrogen-bond donors (Lipinski definition) is 2. The molecule has 28 heavy (non-hydrogen) atoms. The van der Waals surface area contributed by atoms with Crippen molar-refractivity contribution in [3.63, 3.8) is 0 Å². The van der Waals surface area contributed by atoms with Crippen LogP contribution in [0.1, 0.15) is 28.9 Å². The minimum absolute atomic E-state index is 0.244. The van der Waals surface area contributed by atoms with Gasteiger partial charge in [0.05, 0.1) is 0 Å². The maximum Gasteiger partial charge on any atom is 0.270 e. The summed E-state index contributed by atoms with van der Waals surface area (Å²) in [6.07, 6.45) is 7.30. The third kappa shape index (κ3) is 4.43. The standard InChI is InChI=1S/C21H22N6O/c28-21(23-14-16-7-9-22-10-8-16)19-13-20(25-15-24-19)26-17-3-5-18(6-4-17)27-11-1-2-12-27/h3-10,13,15H,1-2,11-12,14H2,(H,23,28)(H,24,25,26). The molecular formula is C21H22N6O. The normalized spacial score (nSPS) is 13.4. The van der Waals surface area contributed by atoms with Gasteiger partial charge in [0.15, 0.2) is 0 Å². The predicted octanol–water partition coefficient (Wildman–Crippen LogP) is 3.15. The van der Waals surface area contributed by atoms with E-state index in [9.17, 15) is 4.79 Å². The molecular weight excluding hydrogens is 352 g/mol. The van der Waals surface area contributed by atoms with Gasteiger partial charge in [0.25, 0.3) is 5.91 Å². The van der Waals surface area contributed by atoms with E-state index in [1.165, 1.54) is 24.9 Å². The van der Waals surface area contributed by atoms with Gasteiger partial charge < -0.3 is 15.5 Å². The van der Waals surface area contributed by atoms with Gasteiger partial charge in [-0.3, -0.25) is 9.78 Å². The van der Waals surface area contributed by atoms with E-state index in [1.54, 1.807) is 18.5 Å². The van der Waals surface area contributed by atoms with Crippen LogP contribution in [0.5, 0.6) is 0 Å². The molecule has 1 aliphatic heterocycles. The fourth-order valence-electron chi connectivity index (χ4n) is 3.20. The van der Waals surface area contributed by atoms with E-state index in [1.807, 2.05) is 24.3 Å². The Hall–Kier alpha value is -3.48. The van der Waals surface area contributed by atoms with Crippen molar-refractivity contribution in [3.05, 3.63) is 72.4 Å². The van der Waals surface area contributed by atoms with E-state index in [0.717, 1.165) is 24.3 Å². The van der Waals surface area contributed by atoms with E-state index in [2.05, 4.69) is 42.6 Å².